The Hall–Kier alpha value is -1.33. The number of fused-ring (bicyclic) bond motifs is 3. The summed E-state index contributed by atoms with van der Waals surface area (Å²) < 4.78 is 5.69. The van der Waals surface area contributed by atoms with Gasteiger partial charge in [-0.25, -0.2) is 0 Å². The van der Waals surface area contributed by atoms with Crippen molar-refractivity contribution in [1.82, 2.24) is 4.98 Å². The van der Waals surface area contributed by atoms with Crippen molar-refractivity contribution >= 4 is 26.8 Å². The van der Waals surface area contributed by atoms with Gasteiger partial charge in [0, 0.05) is 17.0 Å². The predicted molar refractivity (Wildman–Crippen MR) is 72.5 cm³/mol. The summed E-state index contributed by atoms with van der Waals surface area (Å²) in [5.74, 6) is 0.662. The first-order valence-corrected chi connectivity index (χ1v) is 6.61. The lowest BCUT2D eigenvalue weighted by Gasteiger charge is -2.28. The van der Waals surface area contributed by atoms with Gasteiger partial charge in [-0.15, -0.1) is 0 Å². The highest BCUT2D eigenvalue weighted by molar-refractivity contribution is 9.09. The van der Waals surface area contributed by atoms with Crippen LogP contribution in [0.1, 0.15) is 17.2 Å². The fraction of sp³-hybridized carbons (Fsp3) is 0.308. The van der Waals surface area contributed by atoms with Crippen LogP contribution in [0.5, 0.6) is 5.75 Å². The van der Waals surface area contributed by atoms with E-state index in [4.69, 9.17) is 4.74 Å². The van der Waals surface area contributed by atoms with Crippen molar-refractivity contribution in [3.8, 4) is 5.75 Å². The fourth-order valence-corrected chi connectivity index (χ4v) is 2.75. The van der Waals surface area contributed by atoms with Crippen molar-refractivity contribution in [2.75, 3.05) is 6.61 Å². The average molecular weight is 310 g/mol. The second kappa shape index (κ2) is 4.10. The molecule has 1 aliphatic rings. The number of aromatic nitrogens is 1. The molecule has 18 heavy (non-hydrogen) atoms. The molecule has 1 aromatic carbocycles. The molecule has 0 radical (unpaired) electrons. The van der Waals surface area contributed by atoms with E-state index in [2.05, 4.69) is 20.9 Å². The van der Waals surface area contributed by atoms with E-state index in [0.29, 0.717) is 12.4 Å². The fourth-order valence-electron chi connectivity index (χ4n) is 2.33. The maximum atomic E-state index is 11.4. The number of ether oxygens (including phenoxy) is 1. The molecule has 5 heteroatoms. The molecule has 4 nitrogen and oxygen atoms in total. The number of rotatable bonds is 0. The Balaban J connectivity index is 2.37. The maximum Gasteiger partial charge on any atom is 0.248 e. The van der Waals surface area contributed by atoms with Gasteiger partial charge in [0.2, 0.25) is 5.56 Å². The number of halogens is 1. The van der Waals surface area contributed by atoms with Gasteiger partial charge in [0.1, 0.15) is 12.4 Å². The monoisotopic (exact) mass is 309 g/mol. The zero-order valence-corrected chi connectivity index (χ0v) is 11.3. The molecule has 2 heterocycles. The first kappa shape index (κ1) is 11.7. The lowest BCUT2D eigenvalue weighted by molar-refractivity contribution is 0.126. The third-order valence-electron chi connectivity index (χ3n) is 3.24. The molecule has 0 fully saturated rings. The maximum absolute atomic E-state index is 11.4. The molecule has 1 aromatic heterocycles. The van der Waals surface area contributed by atoms with Gasteiger partial charge in [-0.3, -0.25) is 4.79 Å². The van der Waals surface area contributed by atoms with Crippen LogP contribution in [0.15, 0.2) is 23.0 Å². The average Bonchev–Trinajstić information content (AvgIpc) is 2.35. The first-order valence-electron chi connectivity index (χ1n) is 5.69. The molecule has 3 rings (SSSR count). The number of H-pyrrole nitrogens is 1. The van der Waals surface area contributed by atoms with E-state index in [1.165, 1.54) is 6.07 Å². The Kier molecular flexibility index (Phi) is 2.68. The molecular weight excluding hydrogens is 298 g/mol. The van der Waals surface area contributed by atoms with Crippen LogP contribution in [0, 0.1) is 6.92 Å². The summed E-state index contributed by atoms with van der Waals surface area (Å²) in [6.45, 7) is 2.31. The van der Waals surface area contributed by atoms with Crippen molar-refractivity contribution in [2.45, 2.75) is 17.9 Å². The number of benzene rings is 1. The SMILES string of the molecule is Cc1cc2c(c3ccc(=O)[nH]c13)OC[C@@H](Br)[C@@H]2O. The smallest absolute Gasteiger partial charge is 0.248 e. The minimum Gasteiger partial charge on any atom is -0.491 e. The number of hydrogen-bond donors (Lipinski definition) is 2. The second-order valence-electron chi connectivity index (χ2n) is 4.49. The van der Waals surface area contributed by atoms with Crippen LogP contribution < -0.4 is 10.3 Å². The number of nitrogens with one attached hydrogen (secondary N) is 1. The van der Waals surface area contributed by atoms with Crippen molar-refractivity contribution in [2.24, 2.45) is 0 Å². The van der Waals surface area contributed by atoms with Gasteiger partial charge in [0.25, 0.3) is 0 Å². The van der Waals surface area contributed by atoms with Crippen LogP contribution in [0.2, 0.25) is 0 Å². The molecule has 0 saturated carbocycles. The zero-order chi connectivity index (χ0) is 12.9. The Bertz CT molecular complexity index is 680. The van der Waals surface area contributed by atoms with Crippen molar-refractivity contribution in [1.29, 1.82) is 0 Å². The molecule has 0 unspecified atom stereocenters. The standard InChI is InChI=1S/C13H12BrNO3/c1-6-4-8-12(17)9(14)5-18-13(8)7-2-3-10(16)15-11(6)7/h2-4,9,12,17H,5H2,1H3,(H,15,16)/t9-,12-/m1/s1. The Labute approximate surface area is 112 Å². The highest BCUT2D eigenvalue weighted by atomic mass is 79.9. The van der Waals surface area contributed by atoms with E-state index in [-0.39, 0.29) is 10.4 Å². The van der Waals surface area contributed by atoms with Crippen LogP contribution >= 0.6 is 15.9 Å². The number of aliphatic hydroxyl groups is 1. The Morgan fingerprint density at radius 2 is 2.28 bits per heavy atom. The summed E-state index contributed by atoms with van der Waals surface area (Å²) in [4.78, 5) is 14.1. The predicted octanol–water partition coefficient (Wildman–Crippen LogP) is 2.03. The lowest BCUT2D eigenvalue weighted by atomic mass is 9.97. The van der Waals surface area contributed by atoms with Crippen molar-refractivity contribution < 1.29 is 9.84 Å². The summed E-state index contributed by atoms with van der Waals surface area (Å²) in [6, 6.07) is 5.07. The van der Waals surface area contributed by atoms with Crippen LogP contribution in [-0.2, 0) is 0 Å². The van der Waals surface area contributed by atoms with Crippen LogP contribution in [0.3, 0.4) is 0 Å². The molecule has 0 spiro atoms. The highest BCUT2D eigenvalue weighted by Gasteiger charge is 2.29. The normalized spacial score (nSPS) is 22.6. The first-order chi connectivity index (χ1) is 8.58. The molecule has 0 bridgehead atoms. The summed E-state index contributed by atoms with van der Waals surface area (Å²) in [6.07, 6.45) is -0.594. The molecule has 2 N–H and O–H groups in total. The van der Waals surface area contributed by atoms with Gasteiger partial charge in [0.15, 0.2) is 0 Å². The van der Waals surface area contributed by atoms with E-state index >= 15 is 0 Å². The van der Waals surface area contributed by atoms with E-state index in [9.17, 15) is 9.90 Å². The van der Waals surface area contributed by atoms with E-state index in [1.807, 2.05) is 13.0 Å². The Morgan fingerprint density at radius 1 is 1.50 bits per heavy atom. The van der Waals surface area contributed by atoms with Crippen molar-refractivity contribution in [3.05, 3.63) is 39.7 Å². The summed E-state index contributed by atoms with van der Waals surface area (Å²) in [7, 11) is 0. The van der Waals surface area contributed by atoms with Gasteiger partial charge in [0.05, 0.1) is 16.4 Å². The van der Waals surface area contributed by atoms with Crippen LogP contribution in [0.25, 0.3) is 10.9 Å². The summed E-state index contributed by atoms with van der Waals surface area (Å²) >= 11 is 3.39. The largest absolute Gasteiger partial charge is 0.491 e. The van der Waals surface area contributed by atoms with Gasteiger partial charge in [-0.1, -0.05) is 15.9 Å². The Morgan fingerprint density at radius 3 is 3.06 bits per heavy atom. The van der Waals surface area contributed by atoms with Crippen LogP contribution in [0.4, 0.5) is 0 Å². The number of aryl methyl sites for hydroxylation is 1. The second-order valence-corrected chi connectivity index (χ2v) is 5.67. The number of aliphatic hydroxyl groups excluding tert-OH is 1. The third kappa shape index (κ3) is 1.66. The number of pyridine rings is 1. The molecule has 94 valence electrons. The molecule has 0 amide bonds. The third-order valence-corrected chi connectivity index (χ3v) is 4.01. The number of hydrogen-bond acceptors (Lipinski definition) is 3. The molecule has 2 atom stereocenters. The van der Waals surface area contributed by atoms with Gasteiger partial charge >= 0.3 is 0 Å². The van der Waals surface area contributed by atoms with E-state index < -0.39 is 6.10 Å². The summed E-state index contributed by atoms with van der Waals surface area (Å²) in [5.41, 5.74) is 2.31. The molecule has 2 aromatic rings. The van der Waals surface area contributed by atoms with Gasteiger partial charge in [-0.05, 0) is 24.6 Å². The zero-order valence-electron chi connectivity index (χ0n) is 9.74. The molecular formula is C13H12BrNO3. The van der Waals surface area contributed by atoms with Gasteiger partial charge in [-0.2, -0.15) is 0 Å². The minimum absolute atomic E-state index is 0.107. The number of alkyl halides is 1. The molecule has 0 saturated heterocycles. The summed E-state index contributed by atoms with van der Waals surface area (Å²) in [5, 5.41) is 11.0. The van der Waals surface area contributed by atoms with E-state index in [1.54, 1.807) is 6.07 Å². The highest BCUT2D eigenvalue weighted by Crippen LogP contribution is 2.40. The van der Waals surface area contributed by atoms with E-state index in [0.717, 1.165) is 22.0 Å². The topological polar surface area (TPSA) is 62.3 Å². The molecule has 0 aliphatic carbocycles. The minimum atomic E-state index is -0.594. The van der Waals surface area contributed by atoms with Crippen LogP contribution in [-0.4, -0.2) is 21.5 Å². The molecule has 1 aliphatic heterocycles. The lowest BCUT2D eigenvalue weighted by Crippen LogP contribution is -2.26. The number of aromatic amines is 1. The quantitative estimate of drug-likeness (QED) is 0.732. The van der Waals surface area contributed by atoms with Crippen molar-refractivity contribution in [3.63, 3.8) is 0 Å². The van der Waals surface area contributed by atoms with Gasteiger partial charge < -0.3 is 14.8 Å².